The van der Waals surface area contributed by atoms with Crippen LogP contribution in [0, 0.1) is 5.41 Å². The Morgan fingerprint density at radius 3 is 2.80 bits per heavy atom. The number of pyridine rings is 1. The number of aromatic nitrogens is 1. The van der Waals surface area contributed by atoms with Crippen LogP contribution in [-0.2, 0) is 6.54 Å². The van der Waals surface area contributed by atoms with Crippen LogP contribution in [0.25, 0.3) is 0 Å². The summed E-state index contributed by atoms with van der Waals surface area (Å²) >= 11 is 0. The fraction of sp³-hybridized carbons (Fsp3) is 0.583. The summed E-state index contributed by atoms with van der Waals surface area (Å²) in [5, 5.41) is 3.46. The molecule has 0 unspecified atom stereocenters. The summed E-state index contributed by atoms with van der Waals surface area (Å²) < 4.78 is 0. The molecule has 2 aliphatic rings. The number of hydrogen-bond acceptors (Lipinski definition) is 3. The van der Waals surface area contributed by atoms with E-state index in [-0.39, 0.29) is 0 Å². The van der Waals surface area contributed by atoms with Crippen LogP contribution in [0.5, 0.6) is 0 Å². The Hall–Kier alpha value is -0.930. The van der Waals surface area contributed by atoms with E-state index in [2.05, 4.69) is 27.3 Å². The first-order chi connectivity index (χ1) is 7.36. The van der Waals surface area contributed by atoms with Crippen LogP contribution in [0.3, 0.4) is 0 Å². The maximum atomic E-state index is 4.04. The van der Waals surface area contributed by atoms with Gasteiger partial charge in [0.1, 0.15) is 0 Å². The Morgan fingerprint density at radius 1 is 1.33 bits per heavy atom. The molecule has 3 nitrogen and oxygen atoms in total. The predicted octanol–water partition coefficient (Wildman–Crippen LogP) is 0.877. The molecule has 3 heteroatoms. The molecule has 0 aliphatic carbocycles. The summed E-state index contributed by atoms with van der Waals surface area (Å²) in [6, 6.07) is 4.22. The second-order valence-electron chi connectivity index (χ2n) is 4.93. The lowest BCUT2D eigenvalue weighted by Gasteiger charge is -2.48. The van der Waals surface area contributed by atoms with Crippen molar-refractivity contribution in [3.63, 3.8) is 0 Å². The molecule has 3 rings (SSSR count). The normalized spacial score (nSPS) is 24.3. The van der Waals surface area contributed by atoms with Crippen molar-refractivity contribution >= 4 is 0 Å². The summed E-state index contributed by atoms with van der Waals surface area (Å²) in [5.41, 5.74) is 2.00. The molecule has 1 spiro atoms. The number of nitrogens with one attached hydrogen (secondary N) is 1. The highest BCUT2D eigenvalue weighted by molar-refractivity contribution is 5.11. The third-order valence-electron chi connectivity index (χ3n) is 3.61. The van der Waals surface area contributed by atoms with Gasteiger partial charge < -0.3 is 5.32 Å². The largest absolute Gasteiger partial charge is 0.316 e. The minimum atomic E-state index is 0.618. The van der Waals surface area contributed by atoms with E-state index < -0.39 is 0 Å². The number of likely N-dealkylation sites (tertiary alicyclic amines) is 1. The van der Waals surface area contributed by atoms with Gasteiger partial charge in [-0.3, -0.25) is 9.88 Å². The van der Waals surface area contributed by atoms with Gasteiger partial charge >= 0.3 is 0 Å². The fourth-order valence-electron chi connectivity index (χ4n) is 2.83. The lowest BCUT2D eigenvalue weighted by Crippen LogP contribution is -2.56. The van der Waals surface area contributed by atoms with Gasteiger partial charge in [0.2, 0.25) is 0 Å². The first-order valence-electron chi connectivity index (χ1n) is 5.68. The monoisotopic (exact) mass is 203 g/mol. The Balaban J connectivity index is 1.56. The standard InChI is InChI=1S/C12H17N3/c1-4-13-5-2-11(1)7-15-9-12(10-15)3-6-14-8-12/h1-2,4-5,14H,3,6-10H2. The van der Waals surface area contributed by atoms with Gasteiger partial charge in [0, 0.05) is 44.0 Å². The van der Waals surface area contributed by atoms with Crippen molar-refractivity contribution in [2.24, 2.45) is 5.41 Å². The number of nitrogens with zero attached hydrogens (tertiary/aromatic N) is 2. The molecular formula is C12H17N3. The minimum absolute atomic E-state index is 0.618. The average molecular weight is 203 g/mol. The minimum Gasteiger partial charge on any atom is -0.316 e. The average Bonchev–Trinajstić information content (AvgIpc) is 2.68. The third kappa shape index (κ3) is 1.77. The summed E-state index contributed by atoms with van der Waals surface area (Å²) in [6.07, 6.45) is 5.11. The predicted molar refractivity (Wildman–Crippen MR) is 59.4 cm³/mol. The van der Waals surface area contributed by atoms with E-state index in [1.54, 1.807) is 0 Å². The second kappa shape index (κ2) is 3.58. The molecule has 0 saturated carbocycles. The smallest absolute Gasteiger partial charge is 0.0271 e. The van der Waals surface area contributed by atoms with Crippen molar-refractivity contribution in [1.29, 1.82) is 0 Å². The molecule has 0 bridgehead atoms. The molecule has 0 amide bonds. The Labute approximate surface area is 90.5 Å². The van der Waals surface area contributed by atoms with Gasteiger partial charge in [0.05, 0.1) is 0 Å². The van der Waals surface area contributed by atoms with Gasteiger partial charge in [0.15, 0.2) is 0 Å². The van der Waals surface area contributed by atoms with Crippen LogP contribution in [-0.4, -0.2) is 36.1 Å². The molecular weight excluding hydrogens is 186 g/mol. The molecule has 3 heterocycles. The quantitative estimate of drug-likeness (QED) is 0.773. The van der Waals surface area contributed by atoms with Gasteiger partial charge in [-0.15, -0.1) is 0 Å². The van der Waals surface area contributed by atoms with E-state index in [4.69, 9.17) is 0 Å². The zero-order valence-electron chi connectivity index (χ0n) is 8.95. The zero-order valence-corrected chi connectivity index (χ0v) is 8.95. The lowest BCUT2D eigenvalue weighted by molar-refractivity contribution is 0.0103. The summed E-state index contributed by atoms with van der Waals surface area (Å²) in [7, 11) is 0. The Morgan fingerprint density at radius 2 is 2.13 bits per heavy atom. The third-order valence-corrected chi connectivity index (χ3v) is 3.61. The highest BCUT2D eigenvalue weighted by Gasteiger charge is 2.44. The van der Waals surface area contributed by atoms with Crippen molar-refractivity contribution in [2.75, 3.05) is 26.2 Å². The van der Waals surface area contributed by atoms with Crippen molar-refractivity contribution in [3.05, 3.63) is 30.1 Å². The van der Waals surface area contributed by atoms with E-state index in [1.807, 2.05) is 12.4 Å². The molecule has 0 radical (unpaired) electrons. The molecule has 2 saturated heterocycles. The topological polar surface area (TPSA) is 28.2 Å². The van der Waals surface area contributed by atoms with Crippen molar-refractivity contribution in [2.45, 2.75) is 13.0 Å². The maximum absolute atomic E-state index is 4.04. The van der Waals surface area contributed by atoms with E-state index in [0.29, 0.717) is 5.41 Å². The summed E-state index contributed by atoms with van der Waals surface area (Å²) in [6.45, 7) is 6.05. The van der Waals surface area contributed by atoms with Gasteiger partial charge in [-0.1, -0.05) is 0 Å². The Bertz CT molecular complexity index is 322. The maximum Gasteiger partial charge on any atom is 0.0271 e. The molecule has 15 heavy (non-hydrogen) atoms. The molecule has 0 atom stereocenters. The molecule has 2 aliphatic heterocycles. The number of rotatable bonds is 2. The van der Waals surface area contributed by atoms with Crippen LogP contribution in [0.4, 0.5) is 0 Å². The lowest BCUT2D eigenvalue weighted by atomic mass is 9.79. The van der Waals surface area contributed by atoms with Crippen molar-refractivity contribution < 1.29 is 0 Å². The molecule has 80 valence electrons. The van der Waals surface area contributed by atoms with Crippen molar-refractivity contribution in [1.82, 2.24) is 15.2 Å². The highest BCUT2D eigenvalue weighted by Crippen LogP contribution is 2.36. The highest BCUT2D eigenvalue weighted by atomic mass is 15.2. The van der Waals surface area contributed by atoms with E-state index in [1.165, 1.54) is 38.2 Å². The molecule has 2 fully saturated rings. The SMILES string of the molecule is c1cc(CN2CC3(CCNC3)C2)ccn1. The first-order valence-corrected chi connectivity index (χ1v) is 5.68. The van der Waals surface area contributed by atoms with Gasteiger partial charge in [0.25, 0.3) is 0 Å². The van der Waals surface area contributed by atoms with Crippen molar-refractivity contribution in [3.8, 4) is 0 Å². The molecule has 1 aromatic rings. The van der Waals surface area contributed by atoms with Crippen LogP contribution in [0.1, 0.15) is 12.0 Å². The van der Waals surface area contributed by atoms with E-state index in [9.17, 15) is 0 Å². The zero-order chi connectivity index (χ0) is 10.1. The molecule has 1 aromatic heterocycles. The first kappa shape index (κ1) is 9.31. The van der Waals surface area contributed by atoms with E-state index >= 15 is 0 Å². The fourth-order valence-corrected chi connectivity index (χ4v) is 2.83. The van der Waals surface area contributed by atoms with Gasteiger partial charge in [-0.2, -0.15) is 0 Å². The summed E-state index contributed by atoms with van der Waals surface area (Å²) in [4.78, 5) is 6.57. The van der Waals surface area contributed by atoms with E-state index in [0.717, 1.165) is 6.54 Å². The van der Waals surface area contributed by atoms with Gasteiger partial charge in [-0.25, -0.2) is 0 Å². The van der Waals surface area contributed by atoms with Crippen LogP contribution in [0.15, 0.2) is 24.5 Å². The number of hydrogen-bond donors (Lipinski definition) is 1. The summed E-state index contributed by atoms with van der Waals surface area (Å²) in [5.74, 6) is 0. The van der Waals surface area contributed by atoms with Crippen LogP contribution in [0.2, 0.25) is 0 Å². The van der Waals surface area contributed by atoms with Crippen LogP contribution >= 0.6 is 0 Å². The second-order valence-corrected chi connectivity index (χ2v) is 4.93. The van der Waals surface area contributed by atoms with Gasteiger partial charge in [-0.05, 0) is 30.7 Å². The Kier molecular flexibility index (Phi) is 2.22. The molecule has 0 aromatic carbocycles. The van der Waals surface area contributed by atoms with Crippen LogP contribution < -0.4 is 5.32 Å². The molecule has 1 N–H and O–H groups in total.